The van der Waals surface area contributed by atoms with E-state index in [4.69, 9.17) is 0 Å². The molecule has 6 N–H and O–H groups in total. The van der Waals surface area contributed by atoms with Gasteiger partial charge >= 0.3 is 0 Å². The van der Waals surface area contributed by atoms with Crippen LogP contribution in [0.1, 0.15) is 0 Å². The van der Waals surface area contributed by atoms with Crippen molar-refractivity contribution < 1.29 is 0 Å². The van der Waals surface area contributed by atoms with Crippen LogP contribution in [0.3, 0.4) is 0 Å². The van der Waals surface area contributed by atoms with Crippen LogP contribution in [0.5, 0.6) is 0 Å². The third-order valence-corrected chi connectivity index (χ3v) is 2.67. The van der Waals surface area contributed by atoms with Gasteiger partial charge in [-0.2, -0.15) is 0 Å². The molecule has 0 radical (unpaired) electrons. The molecule has 68 valence electrons. The maximum absolute atomic E-state index is 3.47. The van der Waals surface area contributed by atoms with Gasteiger partial charge in [0.15, 0.2) is 0 Å². The Morgan fingerprint density at radius 2 is 0.917 bits per heavy atom. The van der Waals surface area contributed by atoms with E-state index in [0.29, 0.717) is 24.7 Å². The van der Waals surface area contributed by atoms with Crippen molar-refractivity contribution in [3.8, 4) is 0 Å². The molecule has 3 fully saturated rings. The summed E-state index contributed by atoms with van der Waals surface area (Å²) in [7, 11) is 0. The molecule has 4 unspecified atom stereocenters. The molecule has 0 aromatic heterocycles. The SMILES string of the molecule is C1NC2NC3NCNC3NC2N1. The fourth-order valence-corrected chi connectivity index (χ4v) is 2.04. The molecule has 3 rings (SSSR count). The summed E-state index contributed by atoms with van der Waals surface area (Å²) < 4.78 is 0. The number of rotatable bonds is 0. The first-order chi connectivity index (χ1) is 5.93. The summed E-state index contributed by atoms with van der Waals surface area (Å²) in [4.78, 5) is 0. The number of nitrogens with one attached hydrogen (secondary N) is 6. The molecule has 12 heavy (non-hydrogen) atoms. The number of piperazine rings is 1. The number of hydrogen-bond acceptors (Lipinski definition) is 6. The second-order valence-corrected chi connectivity index (χ2v) is 3.41. The number of fused-ring (bicyclic) bond motifs is 2. The Labute approximate surface area is 70.8 Å². The Kier molecular flexibility index (Phi) is 1.57. The maximum atomic E-state index is 3.47. The molecule has 0 saturated carbocycles. The minimum absolute atomic E-state index is 0.346. The lowest BCUT2D eigenvalue weighted by Crippen LogP contribution is -2.71. The first-order valence-electron chi connectivity index (χ1n) is 4.39. The molecular weight excluding hydrogens is 156 g/mol. The zero-order valence-electron chi connectivity index (χ0n) is 6.72. The molecule has 0 aromatic rings. The van der Waals surface area contributed by atoms with Gasteiger partial charge in [-0.3, -0.25) is 31.9 Å². The molecule has 3 heterocycles. The van der Waals surface area contributed by atoms with E-state index in [2.05, 4.69) is 31.9 Å². The second-order valence-electron chi connectivity index (χ2n) is 3.41. The Bertz CT molecular complexity index is 149. The Morgan fingerprint density at radius 1 is 0.583 bits per heavy atom. The lowest BCUT2D eigenvalue weighted by molar-refractivity contribution is 0.207. The van der Waals surface area contributed by atoms with E-state index in [-0.39, 0.29) is 0 Å². The lowest BCUT2D eigenvalue weighted by atomic mass is 10.2. The largest absolute Gasteiger partial charge is 0.287 e. The fraction of sp³-hybridized carbons (Fsp3) is 1.00. The topological polar surface area (TPSA) is 72.2 Å². The summed E-state index contributed by atoms with van der Waals surface area (Å²) in [5.41, 5.74) is 0. The van der Waals surface area contributed by atoms with Crippen LogP contribution in [0.4, 0.5) is 0 Å². The first-order valence-corrected chi connectivity index (χ1v) is 4.39. The van der Waals surface area contributed by atoms with E-state index in [1.165, 1.54) is 0 Å². The van der Waals surface area contributed by atoms with Gasteiger partial charge in [0.25, 0.3) is 0 Å². The van der Waals surface area contributed by atoms with Gasteiger partial charge in [0.1, 0.15) is 0 Å². The smallest absolute Gasteiger partial charge is 0.0889 e. The van der Waals surface area contributed by atoms with E-state index in [1.807, 2.05) is 0 Å². The molecule has 4 atom stereocenters. The molecule has 0 bridgehead atoms. The van der Waals surface area contributed by atoms with E-state index in [1.54, 1.807) is 0 Å². The normalized spacial score (nSPS) is 52.0. The van der Waals surface area contributed by atoms with Gasteiger partial charge < -0.3 is 0 Å². The molecule has 0 amide bonds. The first kappa shape index (κ1) is 7.19. The van der Waals surface area contributed by atoms with Crippen molar-refractivity contribution in [3.05, 3.63) is 0 Å². The van der Waals surface area contributed by atoms with Crippen molar-refractivity contribution >= 4 is 0 Å². The van der Waals surface area contributed by atoms with Crippen molar-refractivity contribution in [2.75, 3.05) is 13.3 Å². The summed E-state index contributed by atoms with van der Waals surface area (Å²) in [6.07, 6.45) is 1.38. The summed E-state index contributed by atoms with van der Waals surface area (Å²) in [5, 5.41) is 20.2. The minimum atomic E-state index is 0.346. The standard InChI is InChI=1S/C6H14N6/c1-7-3-4(8-1)12-6-5(11-3)9-2-10-6/h3-12H,1-2H2. The molecule has 3 aliphatic rings. The molecule has 3 saturated heterocycles. The van der Waals surface area contributed by atoms with E-state index in [0.717, 1.165) is 13.3 Å². The van der Waals surface area contributed by atoms with Crippen molar-refractivity contribution in [1.29, 1.82) is 0 Å². The van der Waals surface area contributed by atoms with Crippen LogP contribution in [0.2, 0.25) is 0 Å². The Hall–Kier alpha value is -0.240. The van der Waals surface area contributed by atoms with Gasteiger partial charge in [0, 0.05) is 13.3 Å². The highest BCUT2D eigenvalue weighted by molar-refractivity contribution is 4.98. The highest BCUT2D eigenvalue weighted by Crippen LogP contribution is 2.06. The summed E-state index contributed by atoms with van der Waals surface area (Å²) in [5.74, 6) is 0. The monoisotopic (exact) mass is 170 g/mol. The molecule has 3 aliphatic heterocycles. The second kappa shape index (κ2) is 2.63. The van der Waals surface area contributed by atoms with Crippen LogP contribution in [-0.4, -0.2) is 38.0 Å². The number of hydrogen-bond donors (Lipinski definition) is 6. The van der Waals surface area contributed by atoms with Crippen LogP contribution in [0.25, 0.3) is 0 Å². The minimum Gasteiger partial charge on any atom is -0.287 e. The quantitative estimate of drug-likeness (QED) is 0.230. The summed E-state index contributed by atoms with van der Waals surface area (Å²) in [6.45, 7) is 1.74. The summed E-state index contributed by atoms with van der Waals surface area (Å²) in [6, 6.07) is 0. The molecular formula is C6H14N6. The maximum Gasteiger partial charge on any atom is 0.0889 e. The van der Waals surface area contributed by atoms with Crippen molar-refractivity contribution in [2.24, 2.45) is 0 Å². The fourth-order valence-electron chi connectivity index (χ4n) is 2.04. The van der Waals surface area contributed by atoms with E-state index < -0.39 is 0 Å². The highest BCUT2D eigenvalue weighted by atomic mass is 15.5. The van der Waals surface area contributed by atoms with Gasteiger partial charge in [0.05, 0.1) is 24.7 Å². The van der Waals surface area contributed by atoms with Crippen molar-refractivity contribution in [3.63, 3.8) is 0 Å². The van der Waals surface area contributed by atoms with Gasteiger partial charge in [-0.1, -0.05) is 0 Å². The van der Waals surface area contributed by atoms with Crippen LogP contribution < -0.4 is 31.9 Å². The van der Waals surface area contributed by atoms with Gasteiger partial charge in [-0.25, -0.2) is 0 Å². The van der Waals surface area contributed by atoms with E-state index >= 15 is 0 Å². The molecule has 6 nitrogen and oxygen atoms in total. The predicted molar refractivity (Wildman–Crippen MR) is 43.7 cm³/mol. The van der Waals surface area contributed by atoms with E-state index in [9.17, 15) is 0 Å². The summed E-state index contributed by atoms with van der Waals surface area (Å²) >= 11 is 0. The zero-order chi connectivity index (χ0) is 7.97. The molecule has 0 aliphatic carbocycles. The molecule has 6 heteroatoms. The molecule has 0 aromatic carbocycles. The highest BCUT2D eigenvalue weighted by Gasteiger charge is 2.40. The van der Waals surface area contributed by atoms with Gasteiger partial charge in [-0.05, 0) is 0 Å². The van der Waals surface area contributed by atoms with Crippen LogP contribution in [0, 0.1) is 0 Å². The van der Waals surface area contributed by atoms with Crippen molar-refractivity contribution in [2.45, 2.75) is 24.7 Å². The predicted octanol–water partition coefficient (Wildman–Crippen LogP) is -3.22. The lowest BCUT2D eigenvalue weighted by Gasteiger charge is -2.36. The van der Waals surface area contributed by atoms with Crippen molar-refractivity contribution in [1.82, 2.24) is 31.9 Å². The third-order valence-electron chi connectivity index (χ3n) is 2.67. The van der Waals surface area contributed by atoms with Crippen LogP contribution in [0.15, 0.2) is 0 Å². The average Bonchev–Trinajstić information content (AvgIpc) is 2.64. The van der Waals surface area contributed by atoms with Crippen LogP contribution >= 0.6 is 0 Å². The Balaban J connectivity index is 1.75. The molecule has 0 spiro atoms. The Morgan fingerprint density at radius 3 is 1.25 bits per heavy atom. The third kappa shape index (κ3) is 0.972. The van der Waals surface area contributed by atoms with Crippen LogP contribution in [-0.2, 0) is 0 Å². The zero-order valence-corrected chi connectivity index (χ0v) is 6.72. The van der Waals surface area contributed by atoms with Gasteiger partial charge in [-0.15, -0.1) is 0 Å². The average molecular weight is 170 g/mol. The van der Waals surface area contributed by atoms with Gasteiger partial charge in [0.2, 0.25) is 0 Å².